The molecular formula is C26H32N2O. The average molecular weight is 389 g/mol. The van der Waals surface area contributed by atoms with Gasteiger partial charge in [0.25, 0.3) is 0 Å². The fourth-order valence-electron chi connectivity index (χ4n) is 5.80. The Morgan fingerprint density at radius 3 is 2.45 bits per heavy atom. The first kappa shape index (κ1) is 18.7. The maximum atomic E-state index is 13.6. The normalized spacial score (nSPS) is 24.7. The lowest BCUT2D eigenvalue weighted by atomic mass is 9.79. The summed E-state index contributed by atoms with van der Waals surface area (Å²) >= 11 is 0. The van der Waals surface area contributed by atoms with Crippen molar-refractivity contribution in [2.45, 2.75) is 51.0 Å². The van der Waals surface area contributed by atoms with Gasteiger partial charge in [-0.3, -0.25) is 4.79 Å². The number of likely N-dealkylation sites (tertiary alicyclic amines) is 1. The van der Waals surface area contributed by atoms with Gasteiger partial charge in [-0.25, -0.2) is 0 Å². The van der Waals surface area contributed by atoms with Crippen molar-refractivity contribution in [2.24, 2.45) is 11.8 Å². The molecule has 0 bridgehead atoms. The number of hydrogen-bond donors (Lipinski definition) is 0. The van der Waals surface area contributed by atoms with E-state index in [1.165, 1.54) is 29.7 Å². The van der Waals surface area contributed by atoms with E-state index >= 15 is 0 Å². The van der Waals surface area contributed by atoms with Gasteiger partial charge in [0.15, 0.2) is 0 Å². The molecule has 0 spiro atoms. The van der Waals surface area contributed by atoms with Gasteiger partial charge in [0, 0.05) is 31.4 Å². The molecule has 2 atom stereocenters. The quantitative estimate of drug-likeness (QED) is 0.761. The highest BCUT2D eigenvalue weighted by atomic mass is 16.2. The molecule has 29 heavy (non-hydrogen) atoms. The molecule has 5 rings (SSSR count). The molecule has 152 valence electrons. The van der Waals surface area contributed by atoms with E-state index in [-0.39, 0.29) is 5.92 Å². The van der Waals surface area contributed by atoms with Crippen molar-refractivity contribution in [3.05, 3.63) is 65.7 Å². The van der Waals surface area contributed by atoms with E-state index in [4.69, 9.17) is 0 Å². The molecule has 2 fully saturated rings. The van der Waals surface area contributed by atoms with E-state index in [0.717, 1.165) is 51.7 Å². The van der Waals surface area contributed by atoms with Crippen molar-refractivity contribution in [2.75, 3.05) is 24.5 Å². The molecule has 0 radical (unpaired) electrons. The number of carbonyl (C=O) groups excluding carboxylic acids is 1. The van der Waals surface area contributed by atoms with Crippen LogP contribution in [0.25, 0.3) is 0 Å². The Bertz CT molecular complexity index is 841. The monoisotopic (exact) mass is 388 g/mol. The number of benzene rings is 2. The van der Waals surface area contributed by atoms with Gasteiger partial charge in [-0.2, -0.15) is 0 Å². The standard InChI is InChI=1S/C26H32N2O/c29-26(27-16-13-21(14-17-27)18-20-8-2-1-3-9-20)23-19-22-10-4-5-11-24(22)28-15-7-6-12-25(23)28/h1-5,8-11,21,23,25H,6-7,12-19H2. The average Bonchev–Trinajstić information content (AvgIpc) is 2.79. The number of piperidine rings is 2. The third-order valence-corrected chi connectivity index (χ3v) is 7.37. The fraction of sp³-hybridized carbons (Fsp3) is 0.500. The molecule has 3 nitrogen and oxygen atoms in total. The Labute approximate surface area is 174 Å². The van der Waals surface area contributed by atoms with Crippen molar-refractivity contribution < 1.29 is 4.79 Å². The highest BCUT2D eigenvalue weighted by molar-refractivity contribution is 5.82. The predicted octanol–water partition coefficient (Wildman–Crippen LogP) is 4.70. The largest absolute Gasteiger partial charge is 0.368 e. The number of amides is 1. The summed E-state index contributed by atoms with van der Waals surface area (Å²) in [4.78, 5) is 18.3. The van der Waals surface area contributed by atoms with E-state index in [1.54, 1.807) is 0 Å². The number of fused-ring (bicyclic) bond motifs is 3. The van der Waals surface area contributed by atoms with E-state index in [2.05, 4.69) is 64.4 Å². The van der Waals surface area contributed by atoms with Gasteiger partial charge >= 0.3 is 0 Å². The third-order valence-electron chi connectivity index (χ3n) is 7.37. The topological polar surface area (TPSA) is 23.6 Å². The highest BCUT2D eigenvalue weighted by Gasteiger charge is 2.41. The summed E-state index contributed by atoms with van der Waals surface area (Å²) in [7, 11) is 0. The molecule has 3 heteroatoms. The summed E-state index contributed by atoms with van der Waals surface area (Å²) in [5, 5.41) is 0. The predicted molar refractivity (Wildman–Crippen MR) is 118 cm³/mol. The smallest absolute Gasteiger partial charge is 0.228 e. The second-order valence-corrected chi connectivity index (χ2v) is 9.15. The van der Waals surface area contributed by atoms with Crippen LogP contribution in [0.3, 0.4) is 0 Å². The summed E-state index contributed by atoms with van der Waals surface area (Å²) < 4.78 is 0. The molecule has 1 amide bonds. The molecule has 2 aromatic rings. The van der Waals surface area contributed by atoms with Crippen LogP contribution in [-0.4, -0.2) is 36.5 Å². The summed E-state index contributed by atoms with van der Waals surface area (Å²) in [6.45, 7) is 2.97. The molecular weight excluding hydrogens is 356 g/mol. The van der Waals surface area contributed by atoms with Gasteiger partial charge in [-0.15, -0.1) is 0 Å². The summed E-state index contributed by atoms with van der Waals surface area (Å²) in [6, 6.07) is 20.0. The maximum absolute atomic E-state index is 13.6. The minimum atomic E-state index is 0.135. The Morgan fingerprint density at radius 2 is 1.62 bits per heavy atom. The van der Waals surface area contributed by atoms with E-state index in [0.29, 0.717) is 17.9 Å². The SMILES string of the molecule is O=C(C1Cc2ccccc2N2CCCCC12)N1CCC(Cc2ccccc2)CC1. The molecule has 3 aliphatic rings. The van der Waals surface area contributed by atoms with Gasteiger partial charge in [-0.05, 0) is 68.1 Å². The zero-order valence-electron chi connectivity index (χ0n) is 17.3. The number of nitrogens with zero attached hydrogens (tertiary/aromatic N) is 2. The van der Waals surface area contributed by atoms with Crippen molar-refractivity contribution >= 4 is 11.6 Å². The molecule has 2 saturated heterocycles. The molecule has 0 N–H and O–H groups in total. The van der Waals surface area contributed by atoms with Crippen LogP contribution in [-0.2, 0) is 17.6 Å². The highest BCUT2D eigenvalue weighted by Crippen LogP contribution is 2.39. The molecule has 0 aromatic heterocycles. The minimum Gasteiger partial charge on any atom is -0.368 e. The molecule has 0 saturated carbocycles. The lowest BCUT2D eigenvalue weighted by molar-refractivity contribution is -0.138. The molecule has 0 aliphatic carbocycles. The minimum absolute atomic E-state index is 0.135. The Kier molecular flexibility index (Phi) is 5.30. The van der Waals surface area contributed by atoms with Crippen LogP contribution in [0.5, 0.6) is 0 Å². The lowest BCUT2D eigenvalue weighted by Gasteiger charge is -2.47. The van der Waals surface area contributed by atoms with Crippen LogP contribution in [0, 0.1) is 11.8 Å². The lowest BCUT2D eigenvalue weighted by Crippen LogP contribution is -2.54. The summed E-state index contributed by atoms with van der Waals surface area (Å²) in [6.07, 6.45) is 8.00. The van der Waals surface area contributed by atoms with Crippen LogP contribution in [0.2, 0.25) is 0 Å². The second kappa shape index (κ2) is 8.22. The fourth-order valence-corrected chi connectivity index (χ4v) is 5.80. The summed E-state index contributed by atoms with van der Waals surface area (Å²) in [5.41, 5.74) is 4.17. The number of anilines is 1. The van der Waals surface area contributed by atoms with Crippen LogP contribution >= 0.6 is 0 Å². The van der Waals surface area contributed by atoms with Crippen LogP contribution in [0.4, 0.5) is 5.69 Å². The first-order valence-electron chi connectivity index (χ1n) is 11.5. The zero-order chi connectivity index (χ0) is 19.6. The molecule has 2 unspecified atom stereocenters. The van der Waals surface area contributed by atoms with Crippen molar-refractivity contribution in [3.8, 4) is 0 Å². The first-order chi connectivity index (χ1) is 14.3. The zero-order valence-corrected chi connectivity index (χ0v) is 17.3. The van der Waals surface area contributed by atoms with Crippen LogP contribution < -0.4 is 4.90 Å². The Balaban J connectivity index is 1.26. The third kappa shape index (κ3) is 3.80. The van der Waals surface area contributed by atoms with E-state index in [9.17, 15) is 4.79 Å². The molecule has 3 aliphatic heterocycles. The van der Waals surface area contributed by atoms with Crippen LogP contribution in [0.15, 0.2) is 54.6 Å². The maximum Gasteiger partial charge on any atom is 0.228 e. The number of rotatable bonds is 3. The first-order valence-corrected chi connectivity index (χ1v) is 11.5. The van der Waals surface area contributed by atoms with Gasteiger partial charge in [0.1, 0.15) is 0 Å². The van der Waals surface area contributed by atoms with E-state index in [1.807, 2.05) is 0 Å². The van der Waals surface area contributed by atoms with Crippen LogP contribution in [0.1, 0.15) is 43.2 Å². The number of hydrogen-bond acceptors (Lipinski definition) is 2. The number of carbonyl (C=O) groups is 1. The van der Waals surface area contributed by atoms with Crippen molar-refractivity contribution in [1.29, 1.82) is 0 Å². The van der Waals surface area contributed by atoms with Crippen molar-refractivity contribution in [3.63, 3.8) is 0 Å². The van der Waals surface area contributed by atoms with Crippen molar-refractivity contribution in [1.82, 2.24) is 4.90 Å². The Morgan fingerprint density at radius 1 is 0.862 bits per heavy atom. The van der Waals surface area contributed by atoms with Gasteiger partial charge in [0.2, 0.25) is 5.91 Å². The van der Waals surface area contributed by atoms with E-state index < -0.39 is 0 Å². The molecule has 2 aromatic carbocycles. The van der Waals surface area contributed by atoms with Gasteiger partial charge in [-0.1, -0.05) is 48.5 Å². The molecule has 3 heterocycles. The second-order valence-electron chi connectivity index (χ2n) is 9.15. The summed E-state index contributed by atoms with van der Waals surface area (Å²) in [5.74, 6) is 1.25. The number of para-hydroxylation sites is 1. The van der Waals surface area contributed by atoms with Gasteiger partial charge < -0.3 is 9.80 Å². The Hall–Kier alpha value is -2.29. The van der Waals surface area contributed by atoms with Gasteiger partial charge in [0.05, 0.1) is 5.92 Å².